The van der Waals surface area contributed by atoms with Gasteiger partial charge in [-0.05, 0) is 59.8 Å². The van der Waals surface area contributed by atoms with E-state index in [0.717, 1.165) is 24.3 Å². The van der Waals surface area contributed by atoms with E-state index in [9.17, 15) is 31.1 Å². The van der Waals surface area contributed by atoms with E-state index >= 15 is 0 Å². The molecule has 0 saturated carbocycles. The van der Waals surface area contributed by atoms with Gasteiger partial charge in [0, 0.05) is 5.75 Å². The number of thiophene rings is 1. The van der Waals surface area contributed by atoms with E-state index in [1.54, 1.807) is 11.4 Å². The molecule has 4 rings (SSSR count). The van der Waals surface area contributed by atoms with Gasteiger partial charge in [0.1, 0.15) is 4.70 Å². The lowest BCUT2D eigenvalue weighted by molar-refractivity contribution is -0.138. The van der Waals surface area contributed by atoms with Gasteiger partial charge in [0.25, 0.3) is 5.56 Å². The van der Waals surface area contributed by atoms with Crippen molar-refractivity contribution in [2.75, 3.05) is 5.75 Å². The van der Waals surface area contributed by atoms with Gasteiger partial charge in [0.15, 0.2) is 5.16 Å². The first kappa shape index (κ1) is 23.4. The number of nitrogens with zero attached hydrogens (tertiary/aromatic N) is 2. The van der Waals surface area contributed by atoms with Crippen LogP contribution in [0.15, 0.2) is 69.9 Å². The second-order valence-corrected chi connectivity index (χ2v) is 8.99. The first-order valence-electron chi connectivity index (χ1n) is 9.51. The highest BCUT2D eigenvalue weighted by Crippen LogP contribution is 2.31. The molecule has 2 aromatic heterocycles. The van der Waals surface area contributed by atoms with E-state index in [0.29, 0.717) is 28.0 Å². The highest BCUT2D eigenvalue weighted by Gasteiger charge is 2.31. The molecule has 0 spiro atoms. The van der Waals surface area contributed by atoms with Gasteiger partial charge in [-0.1, -0.05) is 23.9 Å². The van der Waals surface area contributed by atoms with Crippen molar-refractivity contribution in [3.05, 3.63) is 87.0 Å². The molecule has 0 fully saturated rings. The van der Waals surface area contributed by atoms with Gasteiger partial charge in [-0.25, -0.2) is 4.98 Å². The Balaban J connectivity index is 1.61. The monoisotopic (exact) mass is 500 g/mol. The number of hydrogen-bond donors (Lipinski definition) is 0. The second kappa shape index (κ2) is 8.86. The summed E-state index contributed by atoms with van der Waals surface area (Å²) in [6.45, 7) is 0. The van der Waals surface area contributed by atoms with Gasteiger partial charge in [0.05, 0.1) is 22.3 Å². The summed E-state index contributed by atoms with van der Waals surface area (Å²) in [6, 6.07) is 10.7. The summed E-state index contributed by atoms with van der Waals surface area (Å²) in [7, 11) is 0. The van der Waals surface area contributed by atoms with Crippen molar-refractivity contribution in [1.29, 1.82) is 0 Å². The summed E-state index contributed by atoms with van der Waals surface area (Å²) >= 11 is 2.39. The molecule has 172 valence electrons. The van der Waals surface area contributed by atoms with Crippen LogP contribution in [-0.2, 0) is 18.8 Å². The largest absolute Gasteiger partial charge is 0.416 e. The van der Waals surface area contributed by atoms with Crippen LogP contribution in [0.4, 0.5) is 26.3 Å². The molecule has 4 aromatic rings. The van der Waals surface area contributed by atoms with E-state index in [-0.39, 0.29) is 10.8 Å². The van der Waals surface area contributed by atoms with Crippen LogP contribution in [0.2, 0.25) is 0 Å². The van der Waals surface area contributed by atoms with Crippen molar-refractivity contribution in [2.45, 2.75) is 23.9 Å². The molecule has 0 N–H and O–H groups in total. The maximum absolute atomic E-state index is 13.0. The summed E-state index contributed by atoms with van der Waals surface area (Å²) < 4.78 is 78.6. The van der Waals surface area contributed by atoms with E-state index < -0.39 is 29.0 Å². The van der Waals surface area contributed by atoms with E-state index in [1.807, 2.05) is 0 Å². The number of hydrogen-bond acceptors (Lipinski definition) is 4. The second-order valence-electron chi connectivity index (χ2n) is 7.01. The Morgan fingerprint density at radius 3 is 2.00 bits per heavy atom. The molecule has 33 heavy (non-hydrogen) atoms. The lowest BCUT2D eigenvalue weighted by Gasteiger charge is -2.13. The number of alkyl halides is 6. The Kier molecular flexibility index (Phi) is 6.28. The summed E-state index contributed by atoms with van der Waals surface area (Å²) in [6.07, 6.45) is -8.50. The maximum Gasteiger partial charge on any atom is 0.416 e. The van der Waals surface area contributed by atoms with Crippen molar-refractivity contribution >= 4 is 33.3 Å². The fourth-order valence-corrected chi connectivity index (χ4v) is 4.90. The van der Waals surface area contributed by atoms with E-state index in [2.05, 4.69) is 4.98 Å². The van der Waals surface area contributed by atoms with Crippen molar-refractivity contribution in [3.8, 4) is 5.69 Å². The maximum atomic E-state index is 13.0. The highest BCUT2D eigenvalue weighted by molar-refractivity contribution is 7.99. The van der Waals surface area contributed by atoms with Crippen molar-refractivity contribution in [1.82, 2.24) is 9.55 Å². The Bertz CT molecular complexity index is 1320. The molecule has 0 saturated heterocycles. The lowest BCUT2D eigenvalue weighted by Crippen LogP contribution is -2.21. The molecule has 0 unspecified atom stereocenters. The molecule has 2 heterocycles. The van der Waals surface area contributed by atoms with Crippen molar-refractivity contribution < 1.29 is 26.3 Å². The summed E-state index contributed by atoms with van der Waals surface area (Å²) in [5, 5.41) is 1.99. The van der Waals surface area contributed by atoms with Crippen LogP contribution >= 0.6 is 23.1 Å². The lowest BCUT2D eigenvalue weighted by atomic mass is 10.1. The predicted molar refractivity (Wildman–Crippen MR) is 116 cm³/mol. The first-order chi connectivity index (χ1) is 15.5. The fraction of sp³-hybridized carbons (Fsp3) is 0.182. The zero-order valence-electron chi connectivity index (χ0n) is 16.6. The Morgan fingerprint density at radius 2 is 1.42 bits per heavy atom. The van der Waals surface area contributed by atoms with Gasteiger partial charge in [-0.15, -0.1) is 11.3 Å². The van der Waals surface area contributed by atoms with Gasteiger partial charge < -0.3 is 0 Å². The average molecular weight is 500 g/mol. The molecule has 0 atom stereocenters. The number of thioether (sulfide) groups is 1. The van der Waals surface area contributed by atoms with E-state index in [1.165, 1.54) is 51.9 Å². The smallest absolute Gasteiger partial charge is 0.267 e. The number of benzene rings is 2. The topological polar surface area (TPSA) is 34.9 Å². The zero-order valence-corrected chi connectivity index (χ0v) is 18.2. The van der Waals surface area contributed by atoms with Crippen LogP contribution in [0.25, 0.3) is 15.9 Å². The van der Waals surface area contributed by atoms with Crippen LogP contribution in [0.5, 0.6) is 0 Å². The van der Waals surface area contributed by atoms with E-state index in [4.69, 9.17) is 0 Å². The fourth-order valence-electron chi connectivity index (χ4n) is 3.14. The molecule has 3 nitrogen and oxygen atoms in total. The quantitative estimate of drug-likeness (QED) is 0.171. The summed E-state index contributed by atoms with van der Waals surface area (Å²) in [4.78, 5) is 17.5. The van der Waals surface area contributed by atoms with Crippen molar-refractivity contribution in [3.63, 3.8) is 0 Å². The molecule has 0 bridgehead atoms. The average Bonchev–Trinajstić information content (AvgIpc) is 3.22. The van der Waals surface area contributed by atoms with Crippen LogP contribution < -0.4 is 5.56 Å². The molecule has 0 aliphatic carbocycles. The highest BCUT2D eigenvalue weighted by atomic mass is 32.2. The number of aryl methyl sites for hydroxylation is 1. The molecule has 2 aromatic carbocycles. The minimum Gasteiger partial charge on any atom is -0.267 e. The number of aromatic nitrogens is 2. The number of halogens is 6. The van der Waals surface area contributed by atoms with Gasteiger partial charge in [0.2, 0.25) is 0 Å². The zero-order chi connectivity index (χ0) is 23.8. The van der Waals surface area contributed by atoms with Crippen LogP contribution in [0.1, 0.15) is 16.7 Å². The molecule has 0 amide bonds. The normalized spacial score (nSPS) is 12.4. The molecule has 0 radical (unpaired) electrons. The Hall–Kier alpha value is -2.79. The molecular formula is C22H14F6N2OS2. The van der Waals surface area contributed by atoms with Crippen LogP contribution in [-0.4, -0.2) is 15.3 Å². The van der Waals surface area contributed by atoms with Crippen molar-refractivity contribution in [2.24, 2.45) is 0 Å². The minimum absolute atomic E-state index is 0.243. The summed E-state index contributed by atoms with van der Waals surface area (Å²) in [5.41, 5.74) is -0.569. The number of rotatable bonds is 5. The Labute approximate surface area is 191 Å². The molecule has 0 aliphatic heterocycles. The summed E-state index contributed by atoms with van der Waals surface area (Å²) in [5.74, 6) is 0.397. The standard InChI is InChI=1S/C22H14F6N2OS2/c23-21(24,25)14-3-1-13(2-4-14)9-11-33-20-29-17-10-12-32-18(17)19(31)30(20)16-7-5-15(6-8-16)22(26,27)28/h1-8,10,12H,9,11H2. The van der Waals surface area contributed by atoms with Crippen LogP contribution in [0.3, 0.4) is 0 Å². The molecule has 11 heteroatoms. The number of fused-ring (bicyclic) bond motifs is 1. The van der Waals surface area contributed by atoms with Gasteiger partial charge in [-0.3, -0.25) is 9.36 Å². The Morgan fingerprint density at radius 1 is 0.848 bits per heavy atom. The SMILES string of the molecule is O=c1c2sccc2nc(SCCc2ccc(C(F)(F)F)cc2)n1-c1ccc(C(F)(F)F)cc1. The molecule has 0 aliphatic rings. The predicted octanol–water partition coefficient (Wildman–Crippen LogP) is 6.82. The minimum atomic E-state index is -4.50. The van der Waals surface area contributed by atoms with Gasteiger partial charge in [-0.2, -0.15) is 26.3 Å². The third kappa shape index (κ3) is 5.09. The van der Waals surface area contributed by atoms with Gasteiger partial charge >= 0.3 is 12.4 Å². The third-order valence-electron chi connectivity index (χ3n) is 4.81. The first-order valence-corrected chi connectivity index (χ1v) is 11.4. The molecular weight excluding hydrogens is 486 g/mol. The third-order valence-corrected chi connectivity index (χ3v) is 6.64. The van der Waals surface area contributed by atoms with Crippen LogP contribution in [0, 0.1) is 0 Å².